The first kappa shape index (κ1) is 14.5. The number of carbonyl (C=O) groups is 1. The number of hydrogen-bond acceptors (Lipinski definition) is 5. The van der Waals surface area contributed by atoms with E-state index in [1.807, 2.05) is 6.07 Å². The van der Waals surface area contributed by atoms with Crippen molar-refractivity contribution in [1.29, 1.82) is 5.26 Å². The van der Waals surface area contributed by atoms with Crippen LogP contribution in [-0.2, 0) is 19.6 Å². The van der Waals surface area contributed by atoms with E-state index in [0.29, 0.717) is 4.47 Å². The van der Waals surface area contributed by atoms with Crippen molar-refractivity contribution in [3.05, 3.63) is 28.2 Å². The lowest BCUT2D eigenvalue weighted by molar-refractivity contribution is -0.137. The fraction of sp³-hybridized carbons (Fsp3) is 0.200. The number of methoxy groups -OCH3 is 1. The second-order valence-corrected chi connectivity index (χ2v) is 5.88. The molecule has 0 aliphatic rings. The number of esters is 1. The van der Waals surface area contributed by atoms with Crippen LogP contribution in [0.3, 0.4) is 0 Å². The first-order valence-electron chi connectivity index (χ1n) is 4.65. The van der Waals surface area contributed by atoms with Gasteiger partial charge in [-0.05, 0) is 18.2 Å². The summed E-state index contributed by atoms with van der Waals surface area (Å²) in [5.41, 5.74) is 0.266. The Morgan fingerprint density at radius 2 is 2.22 bits per heavy atom. The Morgan fingerprint density at radius 3 is 2.78 bits per heavy atom. The van der Waals surface area contributed by atoms with Crippen molar-refractivity contribution >= 4 is 37.6 Å². The van der Waals surface area contributed by atoms with E-state index in [0.717, 1.165) is 7.11 Å². The molecule has 8 heteroatoms. The van der Waals surface area contributed by atoms with Gasteiger partial charge in [-0.1, -0.05) is 15.9 Å². The van der Waals surface area contributed by atoms with E-state index in [9.17, 15) is 13.2 Å². The van der Waals surface area contributed by atoms with E-state index in [2.05, 4.69) is 25.4 Å². The second kappa shape index (κ2) is 5.84. The minimum atomic E-state index is -3.89. The van der Waals surface area contributed by atoms with Crippen LogP contribution in [0, 0.1) is 11.3 Å². The molecule has 0 radical (unpaired) electrons. The van der Waals surface area contributed by atoms with E-state index in [1.54, 1.807) is 6.07 Å². The number of benzene rings is 1. The molecule has 0 aromatic heterocycles. The van der Waals surface area contributed by atoms with Gasteiger partial charge in [0.25, 0.3) is 0 Å². The molecule has 0 unspecified atom stereocenters. The lowest BCUT2D eigenvalue weighted by Gasteiger charge is -2.08. The minimum Gasteiger partial charge on any atom is -0.468 e. The molecule has 0 spiro atoms. The van der Waals surface area contributed by atoms with Gasteiger partial charge in [-0.2, -0.15) is 5.26 Å². The number of sulfonamides is 1. The van der Waals surface area contributed by atoms with E-state index in [4.69, 9.17) is 5.26 Å². The molecule has 0 amide bonds. The Bertz CT molecular complexity index is 607. The van der Waals surface area contributed by atoms with Crippen LogP contribution in [0.2, 0.25) is 0 Å². The summed E-state index contributed by atoms with van der Waals surface area (Å²) in [6, 6.07) is 6.35. The number of carbonyl (C=O) groups excluding carboxylic acids is 1. The zero-order valence-corrected chi connectivity index (χ0v) is 11.7. The molecule has 6 nitrogen and oxygen atoms in total. The zero-order valence-electron chi connectivity index (χ0n) is 9.31. The third-order valence-corrected chi connectivity index (χ3v) is 3.54. The van der Waals surface area contributed by atoms with Crippen LogP contribution in [0.25, 0.3) is 0 Å². The number of rotatable bonds is 4. The summed E-state index contributed by atoms with van der Waals surface area (Å²) in [7, 11) is -2.80. The van der Waals surface area contributed by atoms with Crippen LogP contribution >= 0.6 is 15.9 Å². The third-order valence-electron chi connectivity index (χ3n) is 1.90. The number of halogens is 1. The molecule has 0 saturated carbocycles. The SMILES string of the molecule is COC(=O)CS(=O)(=O)Nc1cc(Br)ccc1C#N. The van der Waals surface area contributed by atoms with E-state index in [-0.39, 0.29) is 11.3 Å². The molecule has 0 bridgehead atoms. The summed E-state index contributed by atoms with van der Waals surface area (Å²) in [5.74, 6) is -1.68. The van der Waals surface area contributed by atoms with E-state index in [1.165, 1.54) is 12.1 Å². The van der Waals surface area contributed by atoms with Crippen LogP contribution in [0.1, 0.15) is 5.56 Å². The Morgan fingerprint density at radius 1 is 1.56 bits per heavy atom. The van der Waals surface area contributed by atoms with Crippen molar-refractivity contribution in [3.8, 4) is 6.07 Å². The average Bonchev–Trinajstić information content (AvgIpc) is 2.28. The third kappa shape index (κ3) is 4.01. The zero-order chi connectivity index (χ0) is 13.8. The highest BCUT2D eigenvalue weighted by molar-refractivity contribution is 9.10. The molecule has 1 aromatic carbocycles. The van der Waals surface area contributed by atoms with Crippen LogP contribution < -0.4 is 4.72 Å². The molecule has 0 aliphatic carbocycles. The van der Waals surface area contributed by atoms with Gasteiger partial charge in [0.15, 0.2) is 5.75 Å². The average molecular weight is 333 g/mol. The second-order valence-electron chi connectivity index (χ2n) is 3.24. The molecule has 0 saturated heterocycles. The smallest absolute Gasteiger partial charge is 0.322 e. The van der Waals surface area contributed by atoms with Crippen molar-refractivity contribution < 1.29 is 17.9 Å². The normalized spacial score (nSPS) is 10.5. The molecule has 18 heavy (non-hydrogen) atoms. The van der Waals surface area contributed by atoms with E-state index < -0.39 is 21.7 Å². The highest BCUT2D eigenvalue weighted by atomic mass is 79.9. The molecule has 0 aliphatic heterocycles. The number of ether oxygens (including phenoxy) is 1. The summed E-state index contributed by atoms with van der Waals surface area (Å²) in [6.07, 6.45) is 0. The largest absolute Gasteiger partial charge is 0.468 e. The summed E-state index contributed by atoms with van der Waals surface area (Å²) >= 11 is 3.16. The van der Waals surface area contributed by atoms with Crippen molar-refractivity contribution in [1.82, 2.24) is 0 Å². The number of nitrogens with zero attached hydrogens (tertiary/aromatic N) is 1. The lowest BCUT2D eigenvalue weighted by Crippen LogP contribution is -2.24. The van der Waals surface area contributed by atoms with Crippen LogP contribution in [-0.4, -0.2) is 27.2 Å². The number of nitrogens with one attached hydrogen (secondary N) is 1. The van der Waals surface area contributed by atoms with Gasteiger partial charge in [0.05, 0.1) is 18.4 Å². The van der Waals surface area contributed by atoms with Gasteiger partial charge in [-0.25, -0.2) is 8.42 Å². The molecule has 96 valence electrons. The topological polar surface area (TPSA) is 96.3 Å². The fourth-order valence-electron chi connectivity index (χ4n) is 1.12. The quantitative estimate of drug-likeness (QED) is 0.836. The molecule has 1 rings (SSSR count). The molecule has 0 fully saturated rings. The Balaban J connectivity index is 3.01. The van der Waals surface area contributed by atoms with Gasteiger partial charge in [0.2, 0.25) is 10.0 Å². The van der Waals surface area contributed by atoms with Crippen LogP contribution in [0.15, 0.2) is 22.7 Å². The van der Waals surface area contributed by atoms with E-state index >= 15 is 0 Å². The molecule has 1 aromatic rings. The maximum atomic E-state index is 11.6. The fourth-order valence-corrected chi connectivity index (χ4v) is 2.48. The summed E-state index contributed by atoms with van der Waals surface area (Å²) in [5, 5.41) is 8.84. The van der Waals surface area contributed by atoms with Gasteiger partial charge in [-0.3, -0.25) is 9.52 Å². The van der Waals surface area contributed by atoms with Gasteiger partial charge in [-0.15, -0.1) is 0 Å². The standard InChI is InChI=1S/C10H9BrN2O4S/c1-17-10(14)6-18(15,16)13-9-4-8(11)3-2-7(9)5-12/h2-4,13H,6H2,1H3. The number of nitriles is 1. The lowest BCUT2D eigenvalue weighted by atomic mass is 10.2. The van der Waals surface area contributed by atoms with Gasteiger partial charge < -0.3 is 4.74 Å². The highest BCUT2D eigenvalue weighted by Gasteiger charge is 2.18. The first-order chi connectivity index (χ1) is 8.38. The summed E-state index contributed by atoms with van der Waals surface area (Å²) in [4.78, 5) is 10.9. The van der Waals surface area contributed by atoms with Crippen molar-refractivity contribution in [2.45, 2.75) is 0 Å². The molecule has 1 N–H and O–H groups in total. The van der Waals surface area contributed by atoms with Crippen molar-refractivity contribution in [3.63, 3.8) is 0 Å². The highest BCUT2D eigenvalue weighted by Crippen LogP contribution is 2.21. The minimum absolute atomic E-state index is 0.107. The number of hydrogen-bond donors (Lipinski definition) is 1. The van der Waals surface area contributed by atoms with Crippen molar-refractivity contribution in [2.75, 3.05) is 17.6 Å². The number of anilines is 1. The van der Waals surface area contributed by atoms with Gasteiger partial charge >= 0.3 is 5.97 Å². The van der Waals surface area contributed by atoms with Crippen molar-refractivity contribution in [2.24, 2.45) is 0 Å². The maximum absolute atomic E-state index is 11.6. The molecule has 0 heterocycles. The summed E-state index contributed by atoms with van der Waals surface area (Å²) < 4.78 is 30.3. The molecular formula is C10H9BrN2O4S. The molecule has 0 atom stereocenters. The van der Waals surface area contributed by atoms with Gasteiger partial charge in [0.1, 0.15) is 6.07 Å². The first-order valence-corrected chi connectivity index (χ1v) is 7.09. The van der Waals surface area contributed by atoms with Crippen LogP contribution in [0.5, 0.6) is 0 Å². The van der Waals surface area contributed by atoms with Gasteiger partial charge in [0, 0.05) is 4.47 Å². The predicted octanol–water partition coefficient (Wildman–Crippen LogP) is 1.24. The Kier molecular flexibility index (Phi) is 4.69. The maximum Gasteiger partial charge on any atom is 0.322 e. The summed E-state index contributed by atoms with van der Waals surface area (Å²) in [6.45, 7) is 0. The monoisotopic (exact) mass is 332 g/mol. The van der Waals surface area contributed by atoms with Crippen LogP contribution in [0.4, 0.5) is 5.69 Å². The molecular weight excluding hydrogens is 324 g/mol. The Labute approximate surface area is 113 Å². The Hall–Kier alpha value is -1.59. The predicted molar refractivity (Wildman–Crippen MR) is 68.3 cm³/mol.